The minimum Gasteiger partial charge on any atom is -0.463 e. The van der Waals surface area contributed by atoms with E-state index in [1.54, 1.807) is 0 Å². The SMILES string of the molecule is CC(=O)OCC1OC(OC2C(C)OC(OC3C(OC(C)=O)C(COC(C)=O)OC(OC4CCC5(C)C(CCC6C5CCC5(C)C6CC6OC7(CCC(C)CO7)C(C)C65)C4)C3OC3OC(COC(C)=O)C(OC4OC(COC(C)=O)C(OC(C)=O)C(OC(C)=O)C4OC(C)=O)C(OC(C)=O)C3C(C)=O)C(OC(C)=O)C2OC(C)=O)C(OC(C)=O)C(OC(C)=O)C1OC(C)=O. The third-order valence-electron chi connectivity index (χ3n) is 26.8. The molecule has 0 aromatic heterocycles. The molecule has 0 aromatic carbocycles. The predicted molar refractivity (Wildman–Crippen MR) is 421 cm³/mol. The highest BCUT2D eigenvalue weighted by Crippen LogP contribution is 2.72. The van der Waals surface area contributed by atoms with Crippen LogP contribution in [-0.2, 0) is 195 Å². The molecule has 37 atom stereocenters. The Bertz CT molecular complexity index is 4050. The van der Waals surface area contributed by atoms with Crippen LogP contribution in [-0.4, -0.2) is 288 Å². The van der Waals surface area contributed by atoms with Crippen molar-refractivity contribution in [3.05, 3.63) is 0 Å². The van der Waals surface area contributed by atoms with Crippen LogP contribution < -0.4 is 0 Å². The fourth-order valence-corrected chi connectivity index (χ4v) is 21.9. The Kier molecular flexibility index (Phi) is 33.0. The monoisotopic (exact) mass is 1820 g/mol. The van der Waals surface area contributed by atoms with Crippen molar-refractivity contribution >= 4 is 89.4 Å². The Balaban J connectivity index is 1.02. The van der Waals surface area contributed by atoms with E-state index >= 15 is 4.79 Å². The van der Waals surface area contributed by atoms with Crippen LogP contribution >= 0.6 is 0 Å². The van der Waals surface area contributed by atoms with Gasteiger partial charge in [-0.25, -0.2) is 0 Å². The van der Waals surface area contributed by atoms with E-state index in [9.17, 15) is 67.1 Å². The van der Waals surface area contributed by atoms with Crippen LogP contribution in [0, 0.1) is 58.2 Å². The lowest BCUT2D eigenvalue weighted by Crippen LogP contribution is -2.69. The summed E-state index contributed by atoms with van der Waals surface area (Å²) in [6.45, 7) is 23.2. The lowest BCUT2D eigenvalue weighted by molar-refractivity contribution is -0.401. The number of carbonyl (C=O) groups is 15. The molecule has 718 valence electrons. The van der Waals surface area contributed by atoms with Crippen molar-refractivity contribution in [3.63, 3.8) is 0 Å². The largest absolute Gasteiger partial charge is 0.463 e. The number of Topliss-reactive ketones (excluding diaryl/α,β-unsaturated/α-hetero) is 1. The van der Waals surface area contributed by atoms with Crippen LogP contribution in [0.5, 0.6) is 0 Å². The van der Waals surface area contributed by atoms with Crippen molar-refractivity contribution in [1.82, 2.24) is 0 Å². The Morgan fingerprint density at radius 2 is 0.688 bits per heavy atom. The summed E-state index contributed by atoms with van der Waals surface area (Å²) in [6.07, 6.45) is -38.6. The number of ether oxygens (including phenoxy) is 26. The second kappa shape index (κ2) is 42.1. The molecule has 0 amide bonds. The van der Waals surface area contributed by atoms with Gasteiger partial charge in [0.25, 0.3) is 0 Å². The van der Waals surface area contributed by atoms with Gasteiger partial charge in [-0.2, -0.15) is 0 Å². The highest BCUT2D eigenvalue weighted by molar-refractivity contribution is 5.80. The molecule has 11 rings (SSSR count). The average molecular weight is 1830 g/mol. The van der Waals surface area contributed by atoms with E-state index in [1.165, 1.54) is 6.92 Å². The van der Waals surface area contributed by atoms with Gasteiger partial charge in [0.2, 0.25) is 0 Å². The highest BCUT2D eigenvalue weighted by atomic mass is 16.8. The van der Waals surface area contributed by atoms with Crippen LogP contribution in [0.1, 0.15) is 203 Å². The first-order chi connectivity index (χ1) is 60.2. The fourth-order valence-electron chi connectivity index (χ4n) is 21.9. The molecule has 7 heterocycles. The summed E-state index contributed by atoms with van der Waals surface area (Å²) >= 11 is 0. The number of esters is 14. The number of hydrogen-bond acceptors (Lipinski definition) is 41. The number of rotatable bonds is 29. The predicted octanol–water partition coefficient (Wildman–Crippen LogP) is 4.78. The summed E-state index contributed by atoms with van der Waals surface area (Å²) < 4.78 is 163. The quantitative estimate of drug-likeness (QED) is 0.0552. The highest BCUT2D eigenvalue weighted by Gasteiger charge is 2.71. The molecule has 41 heteroatoms. The van der Waals surface area contributed by atoms with Crippen LogP contribution in [0.15, 0.2) is 0 Å². The molecule has 7 saturated heterocycles. The normalized spacial score (nSPS) is 41.1. The number of fused-ring (bicyclic) bond motifs is 7. The molecule has 41 nitrogen and oxygen atoms in total. The summed E-state index contributed by atoms with van der Waals surface area (Å²) in [5, 5.41) is 0. The second-order valence-electron chi connectivity index (χ2n) is 36.1. The molecule has 128 heavy (non-hydrogen) atoms. The topological polar surface area (TPSA) is 496 Å². The van der Waals surface area contributed by atoms with E-state index in [-0.39, 0.29) is 28.8 Å². The first-order valence-corrected chi connectivity index (χ1v) is 43.8. The summed E-state index contributed by atoms with van der Waals surface area (Å²) in [7, 11) is 0. The van der Waals surface area contributed by atoms with Crippen molar-refractivity contribution in [2.45, 2.75) is 368 Å². The Labute approximate surface area is 740 Å². The van der Waals surface area contributed by atoms with E-state index in [0.717, 1.165) is 149 Å². The standard InChI is InChI=1S/C87H124O41/c1-36-23-28-87(107-31-36)37(2)65-59(128-87)30-58-56-22-21-54-29-55(24-26-85(54,19)57(56)25-27-86(58,65)20)119-82-79(127-80-64(38(3)88)71(112-47(12)96)67(60(120-80)32-103-40(5)89)125-84-78(118-53(18)102)74(115-50(15)99)69(110-45(10)94)62(123-84)34-105-42(7)91)75(70(111-46(11)95)63(121-82)35-106-43(8)92)126-81-76(116-51(16)100)72(113-48(13)97)66(39(4)108-81)124-83-77(117-52(17)101)73(114-49(14)98)68(109-44(9)93)61(122-83)33-104-41(6)90/h36-37,39,54-84H,21-35H2,1-20H3. The van der Waals surface area contributed by atoms with Crippen molar-refractivity contribution in [2.24, 2.45) is 58.2 Å². The molecule has 37 unspecified atom stereocenters. The van der Waals surface area contributed by atoms with Gasteiger partial charge >= 0.3 is 83.6 Å². The molecule has 4 saturated carbocycles. The molecule has 0 N–H and O–H groups in total. The van der Waals surface area contributed by atoms with Crippen molar-refractivity contribution in [2.75, 3.05) is 33.0 Å². The van der Waals surface area contributed by atoms with Gasteiger partial charge in [0.15, 0.2) is 92.2 Å². The second-order valence-corrected chi connectivity index (χ2v) is 36.1. The van der Waals surface area contributed by atoms with E-state index in [0.29, 0.717) is 55.5 Å². The summed E-state index contributed by atoms with van der Waals surface area (Å²) in [4.78, 5) is 201. The van der Waals surface area contributed by atoms with Gasteiger partial charge in [-0.3, -0.25) is 71.9 Å². The zero-order valence-corrected chi connectivity index (χ0v) is 76.0. The number of carbonyl (C=O) groups excluding carboxylic acids is 15. The summed E-state index contributed by atoms with van der Waals surface area (Å²) in [5.41, 5.74) is -0.244. The maximum absolute atomic E-state index is 15.2. The fraction of sp³-hybridized carbons (Fsp3) is 0.828. The average Bonchev–Trinajstić information content (AvgIpc) is 1.53. The molecule has 0 bridgehead atoms. The third kappa shape index (κ3) is 23.1. The Morgan fingerprint density at radius 3 is 1.12 bits per heavy atom. The molecule has 1 spiro atoms. The minimum atomic E-state index is -2.19. The van der Waals surface area contributed by atoms with Gasteiger partial charge in [-0.1, -0.05) is 27.7 Å². The van der Waals surface area contributed by atoms with Gasteiger partial charge in [0, 0.05) is 109 Å². The molecular weight excluding hydrogens is 1700 g/mol. The maximum atomic E-state index is 15.2. The molecule has 7 aliphatic heterocycles. The van der Waals surface area contributed by atoms with Gasteiger partial charge in [0.1, 0.15) is 93.1 Å². The zero-order chi connectivity index (χ0) is 93.8. The summed E-state index contributed by atoms with van der Waals surface area (Å²) in [5.74, 6) is -15.5. The number of ketones is 1. The minimum absolute atomic E-state index is 0.00757. The Hall–Kier alpha value is -8.23. The molecule has 0 radical (unpaired) electrons. The molecular formula is C87H124O41. The van der Waals surface area contributed by atoms with E-state index in [1.807, 2.05) is 0 Å². The van der Waals surface area contributed by atoms with Crippen LogP contribution in [0.2, 0.25) is 0 Å². The van der Waals surface area contributed by atoms with Gasteiger partial charge in [-0.05, 0) is 118 Å². The van der Waals surface area contributed by atoms with Crippen molar-refractivity contribution < 1.29 is 195 Å². The van der Waals surface area contributed by atoms with Crippen LogP contribution in [0.25, 0.3) is 0 Å². The van der Waals surface area contributed by atoms with E-state index in [2.05, 4.69) is 27.7 Å². The Morgan fingerprint density at radius 1 is 0.320 bits per heavy atom. The van der Waals surface area contributed by atoms with Crippen LogP contribution in [0.4, 0.5) is 0 Å². The van der Waals surface area contributed by atoms with Gasteiger partial charge in [0.05, 0.1) is 24.9 Å². The van der Waals surface area contributed by atoms with Crippen molar-refractivity contribution in [1.29, 1.82) is 0 Å². The first-order valence-electron chi connectivity index (χ1n) is 43.8. The molecule has 11 aliphatic rings. The summed E-state index contributed by atoms with van der Waals surface area (Å²) in [6, 6.07) is 0. The van der Waals surface area contributed by atoms with Gasteiger partial charge in [-0.15, -0.1) is 0 Å². The van der Waals surface area contributed by atoms with E-state index in [4.69, 9.17) is 123 Å². The molecule has 0 aromatic rings. The third-order valence-corrected chi connectivity index (χ3v) is 26.8. The van der Waals surface area contributed by atoms with E-state index < -0.39 is 281 Å². The zero-order valence-electron chi connectivity index (χ0n) is 76.0. The molecule has 4 aliphatic carbocycles. The van der Waals surface area contributed by atoms with Crippen molar-refractivity contribution in [3.8, 4) is 0 Å². The molecule has 11 fully saturated rings. The smallest absolute Gasteiger partial charge is 0.303 e. The lowest BCUT2D eigenvalue weighted by atomic mass is 9.44. The van der Waals surface area contributed by atoms with Gasteiger partial charge < -0.3 is 123 Å². The lowest BCUT2D eigenvalue weighted by Gasteiger charge is -2.61. The number of hydrogen-bond donors (Lipinski definition) is 0. The first kappa shape index (κ1) is 100. The van der Waals surface area contributed by atoms with Crippen LogP contribution in [0.3, 0.4) is 0 Å². The maximum Gasteiger partial charge on any atom is 0.303 e.